The number of benzene rings is 1. The summed E-state index contributed by atoms with van der Waals surface area (Å²) in [6.07, 6.45) is 16.9. The minimum Gasteiger partial charge on any atom is -0.459 e. The van der Waals surface area contributed by atoms with Gasteiger partial charge in [0.15, 0.2) is 0 Å². The fourth-order valence-corrected chi connectivity index (χ4v) is 9.97. The molecule has 6 rings (SSSR count). The van der Waals surface area contributed by atoms with Crippen molar-refractivity contribution >= 4 is 17.7 Å². The monoisotopic (exact) mass is 779 g/mol. The van der Waals surface area contributed by atoms with Gasteiger partial charge in [0.1, 0.15) is 17.5 Å². The Morgan fingerprint density at radius 3 is 2.54 bits per heavy atom. The summed E-state index contributed by atoms with van der Waals surface area (Å²) < 4.78 is 25.9. The van der Waals surface area contributed by atoms with Crippen LogP contribution in [0.3, 0.4) is 0 Å². The van der Waals surface area contributed by atoms with Crippen molar-refractivity contribution in [3.63, 3.8) is 0 Å². The summed E-state index contributed by atoms with van der Waals surface area (Å²) in [6.45, 7) is 7.31. The predicted octanol–water partition coefficient (Wildman–Crippen LogP) is 7.38. The summed E-state index contributed by atoms with van der Waals surface area (Å²) in [4.78, 5) is 35.0. The number of amides is 2. The highest BCUT2D eigenvalue weighted by Crippen LogP contribution is 2.62. The molecular weight excluding hydrogens is 714 g/mol. The van der Waals surface area contributed by atoms with E-state index in [0.717, 1.165) is 68.2 Å². The van der Waals surface area contributed by atoms with Crippen LogP contribution in [0, 0.1) is 23.7 Å². The third-order valence-corrected chi connectivity index (χ3v) is 12.7. The zero-order valence-corrected chi connectivity index (χ0v) is 33.6. The van der Waals surface area contributed by atoms with Crippen molar-refractivity contribution in [1.82, 2.24) is 10.2 Å². The molecule has 2 heterocycles. The number of carbonyl (C=O) groups is 2. The molecule has 1 aromatic carbocycles. The van der Waals surface area contributed by atoms with Crippen LogP contribution in [0.2, 0.25) is 0 Å². The normalized spacial score (nSPS) is 29.1. The van der Waals surface area contributed by atoms with Gasteiger partial charge in [-0.05, 0) is 93.4 Å². The lowest BCUT2D eigenvalue weighted by atomic mass is 9.55. The molecule has 7 unspecified atom stereocenters. The first kappa shape index (κ1) is 42.2. The van der Waals surface area contributed by atoms with Crippen LogP contribution in [0.4, 0.5) is 4.79 Å². The smallest absolute Gasteiger partial charge is 0.412 e. The first-order chi connectivity index (χ1) is 27.3. The Hall–Kier alpha value is -3.45. The molecule has 12 heteroatoms. The minimum absolute atomic E-state index is 0.0422. The van der Waals surface area contributed by atoms with E-state index in [0.29, 0.717) is 56.3 Å². The Morgan fingerprint density at radius 1 is 1.05 bits per heavy atom. The molecule has 0 bridgehead atoms. The number of hydrogen-bond donors (Lipinski definition) is 3. The van der Waals surface area contributed by atoms with Crippen molar-refractivity contribution in [3.8, 4) is 11.5 Å². The molecule has 7 atom stereocenters. The van der Waals surface area contributed by atoms with Gasteiger partial charge < -0.3 is 44.2 Å². The van der Waals surface area contributed by atoms with Gasteiger partial charge in [-0.25, -0.2) is 4.79 Å². The minimum atomic E-state index is -1.32. The second-order valence-corrected chi connectivity index (χ2v) is 16.3. The van der Waals surface area contributed by atoms with Gasteiger partial charge in [-0.2, -0.15) is 0 Å². The van der Waals surface area contributed by atoms with Crippen molar-refractivity contribution in [2.45, 2.75) is 134 Å². The number of allylic oxidation sites excluding steroid dienone is 1. The van der Waals surface area contributed by atoms with Gasteiger partial charge in [-0.3, -0.25) is 4.79 Å². The van der Waals surface area contributed by atoms with Crippen LogP contribution in [0.15, 0.2) is 47.7 Å². The number of nitrogens with zero attached hydrogens (tertiary/aromatic N) is 2. The molecule has 3 N–H and O–H groups in total. The van der Waals surface area contributed by atoms with Gasteiger partial charge >= 0.3 is 6.09 Å². The van der Waals surface area contributed by atoms with E-state index in [2.05, 4.69) is 18.0 Å². The standard InChI is InChI=1S/C44H65N3O9/c1-4-25-53-44-38(47(3)39(50)22-19-30-14-6-7-15-30)29-36(46-56-40-18-10-13-26-52-40)34-27-31(16-8-11-23-48)33(17-9-12-24-49)41(42(34)44)35-28-32(20-21-37(35)55-44)54-43(51)45-5-2/h4,20-21,27-28,30-31,33,38,40-42,48-49H,1,5-19,22-26,29H2,2-3H3,(H,45,51). The molecule has 0 aromatic heterocycles. The van der Waals surface area contributed by atoms with Crippen molar-refractivity contribution < 1.29 is 43.6 Å². The molecule has 12 nitrogen and oxygen atoms in total. The molecular formula is C44H65N3O9. The van der Waals surface area contributed by atoms with Crippen LogP contribution in [0.5, 0.6) is 11.5 Å². The predicted molar refractivity (Wildman–Crippen MR) is 213 cm³/mol. The molecule has 1 aromatic rings. The van der Waals surface area contributed by atoms with Gasteiger partial charge in [-0.15, -0.1) is 6.58 Å². The van der Waals surface area contributed by atoms with E-state index in [-0.39, 0.29) is 43.5 Å². The lowest BCUT2D eigenvalue weighted by Gasteiger charge is -2.59. The molecule has 56 heavy (non-hydrogen) atoms. The Morgan fingerprint density at radius 2 is 1.82 bits per heavy atom. The van der Waals surface area contributed by atoms with E-state index in [1.54, 1.807) is 12.1 Å². The number of oxime groups is 1. The molecule has 3 aliphatic carbocycles. The Balaban J connectivity index is 1.51. The van der Waals surface area contributed by atoms with E-state index in [9.17, 15) is 19.8 Å². The number of nitrogens with one attached hydrogen (secondary N) is 1. The van der Waals surface area contributed by atoms with Gasteiger partial charge in [0.05, 0.1) is 24.8 Å². The van der Waals surface area contributed by atoms with Crippen LogP contribution in [0.25, 0.3) is 0 Å². The van der Waals surface area contributed by atoms with Gasteiger partial charge in [0, 0.05) is 57.6 Å². The molecule has 0 spiro atoms. The Labute approximate surface area is 333 Å². The molecule has 2 aliphatic heterocycles. The average Bonchev–Trinajstić information content (AvgIpc) is 3.74. The quantitative estimate of drug-likeness (QED) is 0.0743. The molecule has 3 fully saturated rings. The van der Waals surface area contributed by atoms with E-state index in [1.807, 2.05) is 31.0 Å². The molecule has 1 saturated heterocycles. The number of fused-ring (bicyclic) bond motifs is 2. The summed E-state index contributed by atoms with van der Waals surface area (Å²) in [5.41, 5.74) is 2.61. The largest absolute Gasteiger partial charge is 0.459 e. The summed E-state index contributed by atoms with van der Waals surface area (Å²) in [6, 6.07) is 4.95. The fraction of sp³-hybridized carbons (Fsp3) is 0.705. The van der Waals surface area contributed by atoms with Gasteiger partial charge in [-0.1, -0.05) is 55.8 Å². The van der Waals surface area contributed by atoms with Crippen molar-refractivity contribution in [3.05, 3.63) is 48.1 Å². The van der Waals surface area contributed by atoms with E-state index < -0.39 is 30.1 Å². The van der Waals surface area contributed by atoms with Gasteiger partial charge in [0.25, 0.3) is 0 Å². The highest BCUT2D eigenvalue weighted by atomic mass is 16.8. The zero-order chi connectivity index (χ0) is 39.5. The second-order valence-electron chi connectivity index (χ2n) is 16.3. The van der Waals surface area contributed by atoms with Crippen LogP contribution >= 0.6 is 0 Å². The van der Waals surface area contributed by atoms with Crippen LogP contribution in [-0.4, -0.2) is 91.0 Å². The van der Waals surface area contributed by atoms with Crippen molar-refractivity contribution in [2.75, 3.05) is 40.0 Å². The summed E-state index contributed by atoms with van der Waals surface area (Å²) in [7, 11) is 1.87. The third-order valence-electron chi connectivity index (χ3n) is 12.7. The summed E-state index contributed by atoms with van der Waals surface area (Å²) >= 11 is 0. The van der Waals surface area contributed by atoms with Crippen LogP contribution < -0.4 is 14.8 Å². The zero-order valence-electron chi connectivity index (χ0n) is 33.6. The summed E-state index contributed by atoms with van der Waals surface area (Å²) in [5, 5.41) is 27.3. The second kappa shape index (κ2) is 20.3. The first-order valence-corrected chi connectivity index (χ1v) is 21.4. The molecule has 2 saturated carbocycles. The summed E-state index contributed by atoms with van der Waals surface area (Å²) in [5.74, 6) is -0.174. The number of likely N-dealkylation sites (N-methyl/N-ethyl adjacent to an activating group) is 1. The molecule has 310 valence electrons. The highest BCUT2D eigenvalue weighted by Gasteiger charge is 2.65. The van der Waals surface area contributed by atoms with E-state index in [4.69, 9.17) is 28.9 Å². The number of unbranched alkanes of at least 4 members (excludes halogenated alkanes) is 2. The number of aliphatic hydroxyl groups excluding tert-OH is 2. The molecule has 2 amide bonds. The third kappa shape index (κ3) is 9.63. The maximum absolute atomic E-state index is 14.3. The Kier molecular flexibility index (Phi) is 15.3. The average molecular weight is 780 g/mol. The van der Waals surface area contributed by atoms with Crippen molar-refractivity contribution in [1.29, 1.82) is 0 Å². The van der Waals surface area contributed by atoms with E-state index >= 15 is 0 Å². The topological polar surface area (TPSA) is 148 Å². The SMILES string of the molecule is C=CCOC12Oc3ccc(OC(=O)NCC)cc3C3C(CCCCO)C(CCCCO)C=C(C(=NOC4CCCCO4)CC1N(C)C(=O)CCC1CCCC1)C32. The highest BCUT2D eigenvalue weighted by molar-refractivity contribution is 6.03. The maximum atomic E-state index is 14.3. The number of hydrogen-bond acceptors (Lipinski definition) is 10. The first-order valence-electron chi connectivity index (χ1n) is 21.4. The van der Waals surface area contributed by atoms with Gasteiger partial charge in [0.2, 0.25) is 18.0 Å². The maximum Gasteiger partial charge on any atom is 0.412 e. The fourth-order valence-electron chi connectivity index (χ4n) is 9.97. The lowest BCUT2D eigenvalue weighted by Crippen LogP contribution is -2.69. The van der Waals surface area contributed by atoms with Crippen molar-refractivity contribution in [2.24, 2.45) is 28.8 Å². The number of rotatable bonds is 19. The molecule has 0 radical (unpaired) electrons. The van der Waals surface area contributed by atoms with Crippen LogP contribution in [-0.2, 0) is 19.1 Å². The number of aliphatic hydroxyl groups is 2. The molecule has 5 aliphatic rings. The lowest BCUT2D eigenvalue weighted by molar-refractivity contribution is -0.256. The van der Waals surface area contributed by atoms with Crippen LogP contribution in [0.1, 0.15) is 121 Å². The number of carbonyl (C=O) groups excluding carboxylic acids is 2. The Bertz CT molecular complexity index is 1540. The number of ether oxygens (including phenoxy) is 4. The van der Waals surface area contributed by atoms with E-state index in [1.165, 1.54) is 25.7 Å².